The number of carbonyl (C=O) groups is 1. The Hall–Kier alpha value is -3.80. The third-order valence-corrected chi connectivity index (χ3v) is 9.03. The summed E-state index contributed by atoms with van der Waals surface area (Å²) in [5.74, 6) is -1.13. The van der Waals surface area contributed by atoms with Gasteiger partial charge in [0.1, 0.15) is 10.8 Å². The van der Waals surface area contributed by atoms with E-state index in [2.05, 4.69) is 20.3 Å². The lowest BCUT2D eigenvalue weighted by molar-refractivity contribution is 0.102. The number of halogens is 1. The van der Waals surface area contributed by atoms with E-state index in [0.717, 1.165) is 20.5 Å². The smallest absolute Gasteiger partial charge is 0.255 e. The number of aromatic nitrogens is 3. The van der Waals surface area contributed by atoms with Crippen LogP contribution in [0.15, 0.2) is 83.5 Å². The number of nitrogens with one attached hydrogen (secondary N) is 1. The number of anilines is 1. The van der Waals surface area contributed by atoms with Crippen molar-refractivity contribution in [3.05, 3.63) is 101 Å². The summed E-state index contributed by atoms with van der Waals surface area (Å²) < 4.78 is 39.3. The van der Waals surface area contributed by atoms with E-state index >= 15 is 0 Å². The van der Waals surface area contributed by atoms with Gasteiger partial charge in [-0.05, 0) is 66.4 Å². The first kappa shape index (κ1) is 24.9. The standard InChI is InChI=1S/C26H19FN4O3S3/c1-16-23(36-25(29-16)22-3-2-14-35-22)21-12-13-28-26(31-21)37(33,34)15-17-4-10-20(11-5-17)30-24(32)18-6-8-19(27)9-7-18/h2-14H,15H2,1H3,(H,30,32). The third-order valence-electron chi connectivity index (χ3n) is 5.35. The topological polar surface area (TPSA) is 102 Å². The Morgan fingerprint density at radius 3 is 2.46 bits per heavy atom. The molecule has 5 aromatic rings. The fraction of sp³-hybridized carbons (Fsp3) is 0.0769. The van der Waals surface area contributed by atoms with Gasteiger partial charge in [0.2, 0.25) is 15.0 Å². The van der Waals surface area contributed by atoms with E-state index < -0.39 is 21.6 Å². The van der Waals surface area contributed by atoms with Crippen LogP contribution in [0.3, 0.4) is 0 Å². The van der Waals surface area contributed by atoms with E-state index in [-0.39, 0.29) is 10.9 Å². The van der Waals surface area contributed by atoms with E-state index in [9.17, 15) is 17.6 Å². The molecule has 186 valence electrons. The predicted octanol–water partition coefficient (Wildman–Crippen LogP) is 6.00. The zero-order chi connectivity index (χ0) is 26.0. The number of thiophene rings is 1. The largest absolute Gasteiger partial charge is 0.322 e. The first-order valence-corrected chi connectivity index (χ1v) is 14.4. The van der Waals surface area contributed by atoms with E-state index in [0.29, 0.717) is 22.5 Å². The number of nitrogens with zero attached hydrogens (tertiary/aromatic N) is 3. The molecule has 0 unspecified atom stereocenters. The van der Waals surface area contributed by atoms with Gasteiger partial charge in [0.05, 0.1) is 26.9 Å². The Morgan fingerprint density at radius 2 is 1.76 bits per heavy atom. The minimum atomic E-state index is -3.83. The van der Waals surface area contributed by atoms with Crippen molar-refractivity contribution in [2.45, 2.75) is 17.8 Å². The monoisotopic (exact) mass is 550 g/mol. The highest BCUT2D eigenvalue weighted by atomic mass is 32.2. The molecule has 0 aliphatic rings. The lowest BCUT2D eigenvalue weighted by Gasteiger charge is -2.08. The van der Waals surface area contributed by atoms with Crippen molar-refractivity contribution < 1.29 is 17.6 Å². The maximum atomic E-state index is 13.1. The molecule has 0 atom stereocenters. The lowest BCUT2D eigenvalue weighted by Crippen LogP contribution is -2.12. The van der Waals surface area contributed by atoms with Gasteiger partial charge in [-0.1, -0.05) is 18.2 Å². The van der Waals surface area contributed by atoms with Crippen molar-refractivity contribution in [3.63, 3.8) is 0 Å². The highest BCUT2D eigenvalue weighted by Crippen LogP contribution is 2.36. The molecule has 1 N–H and O–H groups in total. The predicted molar refractivity (Wildman–Crippen MR) is 143 cm³/mol. The van der Waals surface area contributed by atoms with Gasteiger partial charge in [-0.15, -0.1) is 22.7 Å². The molecular formula is C26H19FN4O3S3. The van der Waals surface area contributed by atoms with Crippen LogP contribution in [0.5, 0.6) is 0 Å². The molecular weight excluding hydrogens is 532 g/mol. The summed E-state index contributed by atoms with van der Waals surface area (Å²) in [6, 6.07) is 17.2. The number of hydrogen-bond donors (Lipinski definition) is 1. The third kappa shape index (κ3) is 5.63. The van der Waals surface area contributed by atoms with Crippen LogP contribution in [0.1, 0.15) is 21.6 Å². The molecule has 0 radical (unpaired) electrons. The van der Waals surface area contributed by atoms with Crippen LogP contribution in [0.2, 0.25) is 0 Å². The van der Waals surface area contributed by atoms with E-state index in [1.165, 1.54) is 41.8 Å². The number of benzene rings is 2. The average molecular weight is 551 g/mol. The average Bonchev–Trinajstić information content (AvgIpc) is 3.55. The quantitative estimate of drug-likeness (QED) is 0.249. The van der Waals surface area contributed by atoms with Gasteiger partial charge in [-0.2, -0.15) is 0 Å². The number of aryl methyl sites for hydroxylation is 1. The number of rotatable bonds is 7. The molecule has 0 bridgehead atoms. The Balaban J connectivity index is 1.31. The SMILES string of the molecule is Cc1nc(-c2cccs2)sc1-c1ccnc(S(=O)(=O)Cc2ccc(NC(=O)c3ccc(F)cc3)cc2)n1. The molecule has 3 aromatic heterocycles. The van der Waals surface area contributed by atoms with Crippen LogP contribution in [-0.2, 0) is 15.6 Å². The molecule has 11 heteroatoms. The van der Waals surface area contributed by atoms with Crippen molar-refractivity contribution >= 4 is 44.1 Å². The number of hydrogen-bond acceptors (Lipinski definition) is 8. The minimum Gasteiger partial charge on any atom is -0.322 e. The Morgan fingerprint density at radius 1 is 1.00 bits per heavy atom. The second-order valence-corrected chi connectivity index (χ2v) is 11.9. The maximum absolute atomic E-state index is 13.1. The number of amides is 1. The molecule has 0 aliphatic heterocycles. The molecule has 0 aliphatic carbocycles. The van der Waals surface area contributed by atoms with Gasteiger partial charge in [0, 0.05) is 17.4 Å². The van der Waals surface area contributed by atoms with Crippen LogP contribution in [0, 0.1) is 12.7 Å². The molecule has 1 amide bonds. The zero-order valence-electron chi connectivity index (χ0n) is 19.4. The van der Waals surface area contributed by atoms with Gasteiger partial charge < -0.3 is 5.32 Å². The summed E-state index contributed by atoms with van der Waals surface area (Å²) in [4.78, 5) is 27.1. The molecule has 0 saturated heterocycles. The lowest BCUT2D eigenvalue weighted by atomic mass is 10.2. The number of carbonyl (C=O) groups excluding carboxylic acids is 1. The molecule has 7 nitrogen and oxygen atoms in total. The molecule has 0 spiro atoms. The van der Waals surface area contributed by atoms with Crippen LogP contribution < -0.4 is 5.32 Å². The first-order chi connectivity index (χ1) is 17.8. The summed E-state index contributed by atoms with van der Waals surface area (Å²) in [5.41, 5.74) is 2.58. The van der Waals surface area contributed by atoms with Crippen LogP contribution in [0.25, 0.3) is 20.5 Å². The van der Waals surface area contributed by atoms with Gasteiger partial charge >= 0.3 is 0 Å². The fourth-order valence-corrected chi connectivity index (χ4v) is 6.58. The Labute approximate surface area is 220 Å². The van der Waals surface area contributed by atoms with Crippen LogP contribution in [-0.4, -0.2) is 29.3 Å². The number of thiazole rings is 1. The molecule has 37 heavy (non-hydrogen) atoms. The highest BCUT2D eigenvalue weighted by Gasteiger charge is 2.21. The summed E-state index contributed by atoms with van der Waals surface area (Å²) in [6.07, 6.45) is 1.44. The van der Waals surface area contributed by atoms with Gasteiger partial charge in [-0.3, -0.25) is 4.79 Å². The maximum Gasteiger partial charge on any atom is 0.255 e. The Kier molecular flexibility index (Phi) is 6.92. The minimum absolute atomic E-state index is 0.260. The molecule has 0 fully saturated rings. The van der Waals surface area contributed by atoms with Crippen molar-refractivity contribution in [1.82, 2.24) is 15.0 Å². The van der Waals surface area contributed by atoms with Crippen molar-refractivity contribution in [2.24, 2.45) is 0 Å². The van der Waals surface area contributed by atoms with Crippen molar-refractivity contribution in [1.29, 1.82) is 0 Å². The van der Waals surface area contributed by atoms with E-state index in [4.69, 9.17) is 0 Å². The van der Waals surface area contributed by atoms with Crippen molar-refractivity contribution in [3.8, 4) is 20.5 Å². The fourth-order valence-electron chi connectivity index (χ4n) is 3.53. The zero-order valence-corrected chi connectivity index (χ0v) is 21.8. The van der Waals surface area contributed by atoms with E-state index in [1.807, 2.05) is 24.4 Å². The van der Waals surface area contributed by atoms with Crippen LogP contribution >= 0.6 is 22.7 Å². The molecule has 0 saturated carbocycles. The summed E-state index contributed by atoms with van der Waals surface area (Å²) >= 11 is 3.05. The molecule has 3 heterocycles. The Bertz CT molecular complexity index is 1670. The normalized spacial score (nSPS) is 11.4. The second-order valence-electron chi connectivity index (χ2n) is 8.05. The highest BCUT2D eigenvalue weighted by molar-refractivity contribution is 7.90. The summed E-state index contributed by atoms with van der Waals surface area (Å²) in [5, 5.41) is 5.28. The van der Waals surface area contributed by atoms with E-state index in [1.54, 1.807) is 41.7 Å². The first-order valence-electron chi connectivity index (χ1n) is 11.0. The second kappa shape index (κ2) is 10.3. The van der Waals surface area contributed by atoms with Crippen LogP contribution in [0.4, 0.5) is 10.1 Å². The summed E-state index contributed by atoms with van der Waals surface area (Å²) in [6.45, 7) is 1.87. The van der Waals surface area contributed by atoms with Gasteiger partial charge in [0.15, 0.2) is 0 Å². The number of sulfone groups is 1. The molecule has 5 rings (SSSR count). The van der Waals surface area contributed by atoms with Crippen molar-refractivity contribution in [2.75, 3.05) is 5.32 Å². The summed E-state index contributed by atoms with van der Waals surface area (Å²) in [7, 11) is -3.83. The van der Waals surface area contributed by atoms with Gasteiger partial charge in [0.25, 0.3) is 5.91 Å². The molecule has 2 aromatic carbocycles. The van der Waals surface area contributed by atoms with Gasteiger partial charge in [-0.25, -0.2) is 27.8 Å².